The second-order valence-electron chi connectivity index (χ2n) is 8.83. The molecule has 0 saturated carbocycles. The lowest BCUT2D eigenvalue weighted by molar-refractivity contribution is -0.157. The molecular formula is C24H32N2O5S. The lowest BCUT2D eigenvalue weighted by Crippen LogP contribution is -2.35. The van der Waals surface area contributed by atoms with Gasteiger partial charge in [0.05, 0.1) is 7.11 Å². The fourth-order valence-corrected chi connectivity index (χ4v) is 4.80. The zero-order valence-corrected chi connectivity index (χ0v) is 20.2. The molecule has 2 aromatic rings. The molecule has 0 aliphatic carbocycles. The second-order valence-corrected chi connectivity index (χ2v) is 9.85. The predicted molar refractivity (Wildman–Crippen MR) is 127 cm³/mol. The van der Waals surface area contributed by atoms with Gasteiger partial charge >= 0.3 is 11.9 Å². The molecule has 1 aliphatic rings. The highest BCUT2D eigenvalue weighted by Gasteiger charge is 2.25. The van der Waals surface area contributed by atoms with Gasteiger partial charge in [0.1, 0.15) is 11.4 Å². The lowest BCUT2D eigenvalue weighted by atomic mass is 10.1. The number of benzene rings is 1. The minimum atomic E-state index is -0.609. The highest BCUT2D eigenvalue weighted by atomic mass is 32.1. The topological polar surface area (TPSA) is 85.9 Å². The average molecular weight is 461 g/mol. The van der Waals surface area contributed by atoms with E-state index in [0.29, 0.717) is 16.7 Å². The van der Waals surface area contributed by atoms with Gasteiger partial charge in [0.15, 0.2) is 11.5 Å². The van der Waals surface area contributed by atoms with Crippen LogP contribution in [0.2, 0.25) is 0 Å². The monoisotopic (exact) mass is 460 g/mol. The van der Waals surface area contributed by atoms with Crippen LogP contribution in [0, 0.1) is 6.92 Å². The maximum absolute atomic E-state index is 12.4. The molecule has 32 heavy (non-hydrogen) atoms. The molecule has 1 aromatic carbocycles. The summed E-state index contributed by atoms with van der Waals surface area (Å²) < 4.78 is 16.0. The fourth-order valence-electron chi connectivity index (χ4n) is 3.63. The van der Waals surface area contributed by atoms with Crippen molar-refractivity contribution in [2.24, 2.45) is 0 Å². The van der Waals surface area contributed by atoms with Crippen molar-refractivity contribution in [1.29, 1.82) is 0 Å². The maximum atomic E-state index is 12.4. The first kappa shape index (κ1) is 24.1. The van der Waals surface area contributed by atoms with Crippen LogP contribution >= 0.6 is 11.3 Å². The zero-order valence-electron chi connectivity index (χ0n) is 19.4. The first-order valence-electron chi connectivity index (χ1n) is 10.8. The van der Waals surface area contributed by atoms with Gasteiger partial charge in [-0.05, 0) is 71.3 Å². The van der Waals surface area contributed by atoms with E-state index in [1.165, 1.54) is 18.4 Å². The van der Waals surface area contributed by atoms with Crippen molar-refractivity contribution in [3.05, 3.63) is 34.7 Å². The summed E-state index contributed by atoms with van der Waals surface area (Å²) >= 11 is 1.30. The van der Waals surface area contributed by atoms with E-state index < -0.39 is 17.5 Å². The van der Waals surface area contributed by atoms with E-state index in [4.69, 9.17) is 14.2 Å². The fraction of sp³-hybridized carbons (Fsp3) is 0.500. The van der Waals surface area contributed by atoms with Gasteiger partial charge in [0.2, 0.25) is 0 Å². The minimum Gasteiger partial charge on any atom is -0.480 e. The molecule has 3 rings (SSSR count). The molecule has 7 nitrogen and oxygen atoms in total. The summed E-state index contributed by atoms with van der Waals surface area (Å²) in [5.41, 5.74) is 2.20. The van der Waals surface area contributed by atoms with E-state index in [2.05, 4.69) is 22.8 Å². The predicted octanol–water partition coefficient (Wildman–Crippen LogP) is 4.39. The van der Waals surface area contributed by atoms with Gasteiger partial charge in [-0.3, -0.25) is 0 Å². The number of carbonyl (C=O) groups excluding carboxylic acids is 2. The molecule has 0 radical (unpaired) electrons. The first-order valence-corrected chi connectivity index (χ1v) is 11.6. The minimum absolute atomic E-state index is 0.282. The van der Waals surface area contributed by atoms with Crippen molar-refractivity contribution >= 4 is 29.0 Å². The molecule has 2 heterocycles. The van der Waals surface area contributed by atoms with E-state index in [9.17, 15) is 9.59 Å². The number of carbonyl (C=O) groups is 2. The van der Waals surface area contributed by atoms with Crippen LogP contribution in [0.5, 0.6) is 5.75 Å². The van der Waals surface area contributed by atoms with Crippen molar-refractivity contribution in [3.8, 4) is 16.2 Å². The number of anilines is 1. The van der Waals surface area contributed by atoms with Gasteiger partial charge in [-0.1, -0.05) is 12.1 Å². The Morgan fingerprint density at radius 2 is 1.94 bits per heavy atom. The molecule has 1 fully saturated rings. The Bertz CT molecular complexity index is 958. The summed E-state index contributed by atoms with van der Waals surface area (Å²) in [7, 11) is 1.33. The molecule has 0 atom stereocenters. The van der Waals surface area contributed by atoms with E-state index in [0.717, 1.165) is 47.6 Å². The second kappa shape index (κ2) is 10.4. The molecule has 1 saturated heterocycles. The van der Waals surface area contributed by atoms with Gasteiger partial charge in [0, 0.05) is 22.2 Å². The van der Waals surface area contributed by atoms with Crippen LogP contribution in [0.4, 0.5) is 5.69 Å². The van der Waals surface area contributed by atoms with Crippen LogP contribution in [0.25, 0.3) is 10.4 Å². The number of rotatable bonds is 7. The average Bonchev–Trinajstić information content (AvgIpc) is 3.07. The highest BCUT2D eigenvalue weighted by Crippen LogP contribution is 2.42. The first-order chi connectivity index (χ1) is 15.2. The smallest absolute Gasteiger partial charge is 0.351 e. The lowest BCUT2D eigenvalue weighted by Gasteiger charge is -2.24. The molecular weight excluding hydrogens is 428 g/mol. The van der Waals surface area contributed by atoms with Gasteiger partial charge in [-0.2, -0.15) is 0 Å². The summed E-state index contributed by atoms with van der Waals surface area (Å²) in [6.45, 7) is 9.02. The van der Waals surface area contributed by atoms with E-state index in [1.54, 1.807) is 20.8 Å². The molecule has 1 aliphatic heterocycles. The molecule has 8 heteroatoms. The number of esters is 2. The Labute approximate surface area is 193 Å². The van der Waals surface area contributed by atoms with Crippen LogP contribution in [0.3, 0.4) is 0 Å². The van der Waals surface area contributed by atoms with Crippen molar-refractivity contribution in [2.45, 2.75) is 52.2 Å². The summed E-state index contributed by atoms with van der Waals surface area (Å²) in [5.74, 6) is -0.624. The summed E-state index contributed by atoms with van der Waals surface area (Å²) in [4.78, 5) is 25.8. The van der Waals surface area contributed by atoms with Gasteiger partial charge in [0.25, 0.3) is 0 Å². The molecule has 0 spiro atoms. The van der Waals surface area contributed by atoms with Gasteiger partial charge < -0.3 is 24.8 Å². The van der Waals surface area contributed by atoms with E-state index in [-0.39, 0.29) is 6.61 Å². The van der Waals surface area contributed by atoms with Gasteiger partial charge in [-0.15, -0.1) is 11.3 Å². The normalized spacial score (nSPS) is 14.7. The quantitative estimate of drug-likeness (QED) is 0.593. The summed E-state index contributed by atoms with van der Waals surface area (Å²) in [5, 5.41) is 6.98. The van der Waals surface area contributed by atoms with Crippen LogP contribution in [-0.2, 0) is 14.3 Å². The van der Waals surface area contributed by atoms with Crippen molar-refractivity contribution in [3.63, 3.8) is 0 Å². The number of ether oxygens (including phenoxy) is 3. The molecule has 0 amide bonds. The molecule has 0 bridgehead atoms. The van der Waals surface area contributed by atoms with Crippen LogP contribution in [-0.4, -0.2) is 50.4 Å². The maximum Gasteiger partial charge on any atom is 0.351 e. The SMILES string of the molecule is COC(=O)c1sc(-c2cccc(NC3CCNCC3)c2)c(C)c1OCC(=O)OC(C)(C)C. The number of piperidine rings is 1. The Morgan fingerprint density at radius 3 is 2.59 bits per heavy atom. The Balaban J connectivity index is 1.84. The van der Waals surface area contributed by atoms with Crippen LogP contribution in [0.1, 0.15) is 48.8 Å². The summed E-state index contributed by atoms with van der Waals surface area (Å²) in [6.07, 6.45) is 2.16. The number of hydrogen-bond acceptors (Lipinski definition) is 8. The summed E-state index contributed by atoms with van der Waals surface area (Å²) in [6, 6.07) is 8.58. The van der Waals surface area contributed by atoms with Crippen molar-refractivity contribution < 1.29 is 23.8 Å². The number of nitrogens with one attached hydrogen (secondary N) is 2. The van der Waals surface area contributed by atoms with E-state index >= 15 is 0 Å². The van der Waals surface area contributed by atoms with Crippen LogP contribution in [0.15, 0.2) is 24.3 Å². The third kappa shape index (κ3) is 6.23. The number of hydrogen-bond donors (Lipinski definition) is 2. The third-order valence-corrected chi connectivity index (χ3v) is 6.35. The Morgan fingerprint density at radius 1 is 1.22 bits per heavy atom. The molecule has 2 N–H and O–H groups in total. The molecule has 1 aromatic heterocycles. The highest BCUT2D eigenvalue weighted by molar-refractivity contribution is 7.18. The van der Waals surface area contributed by atoms with Crippen molar-refractivity contribution in [1.82, 2.24) is 5.32 Å². The molecule has 0 unspecified atom stereocenters. The Kier molecular flexibility index (Phi) is 7.79. The third-order valence-electron chi connectivity index (χ3n) is 5.05. The standard InChI is InChI=1S/C24H32N2O5S/c1-15-20(30-14-19(27)31-24(2,3)4)22(23(28)29-5)32-21(15)16-7-6-8-18(13-16)26-17-9-11-25-12-10-17/h6-8,13,17,25-26H,9-12,14H2,1-5H3. The van der Waals surface area contributed by atoms with Crippen molar-refractivity contribution in [2.75, 3.05) is 32.1 Å². The van der Waals surface area contributed by atoms with Gasteiger partial charge in [-0.25, -0.2) is 9.59 Å². The zero-order chi connectivity index (χ0) is 23.3. The van der Waals surface area contributed by atoms with Crippen LogP contribution < -0.4 is 15.4 Å². The number of methoxy groups -OCH3 is 1. The Hall–Kier alpha value is -2.58. The largest absolute Gasteiger partial charge is 0.480 e. The molecule has 174 valence electrons. The number of thiophene rings is 1. The van der Waals surface area contributed by atoms with E-state index in [1.807, 2.05) is 19.1 Å².